The maximum Gasteiger partial charge on any atom is 0.224 e. The van der Waals surface area contributed by atoms with Gasteiger partial charge in [0, 0.05) is 0 Å². The van der Waals surface area contributed by atoms with E-state index in [1.807, 2.05) is 12.3 Å². The van der Waals surface area contributed by atoms with Crippen LogP contribution in [0.1, 0.15) is 18.4 Å². The van der Waals surface area contributed by atoms with Gasteiger partial charge in [0.05, 0.1) is 17.0 Å². The number of thiazole rings is 1. The summed E-state index contributed by atoms with van der Waals surface area (Å²) in [5, 5.41) is 3.00. The number of hydrogen-bond acceptors (Lipinski definition) is 3. The second-order valence-electron chi connectivity index (χ2n) is 2.05. The van der Waals surface area contributed by atoms with Gasteiger partial charge in [0.2, 0.25) is 5.88 Å². The Hall–Kier alpha value is -0.570. The van der Waals surface area contributed by atoms with Gasteiger partial charge in [-0.1, -0.05) is 6.92 Å². The molecule has 0 aliphatic carbocycles. The highest BCUT2D eigenvalue weighted by atomic mass is 32.1. The first-order chi connectivity index (χ1) is 4.83. The van der Waals surface area contributed by atoms with Crippen LogP contribution in [0.4, 0.5) is 0 Å². The third-order valence-electron chi connectivity index (χ3n) is 1.05. The fourth-order valence-electron chi connectivity index (χ4n) is 0.616. The van der Waals surface area contributed by atoms with Crippen LogP contribution in [0, 0.1) is 6.92 Å². The van der Waals surface area contributed by atoms with Crippen LogP contribution in [0.3, 0.4) is 0 Å². The van der Waals surface area contributed by atoms with E-state index in [0.29, 0.717) is 0 Å². The fraction of sp³-hybridized carbons (Fsp3) is 0.571. The van der Waals surface area contributed by atoms with E-state index < -0.39 is 0 Å². The molecule has 0 N–H and O–H groups in total. The molecular formula is C7H11NOS. The monoisotopic (exact) mass is 157 g/mol. The molecule has 0 aromatic carbocycles. The van der Waals surface area contributed by atoms with Crippen LogP contribution in [0.5, 0.6) is 5.88 Å². The molecule has 2 nitrogen and oxygen atoms in total. The van der Waals surface area contributed by atoms with E-state index in [1.165, 1.54) is 0 Å². The fourth-order valence-corrected chi connectivity index (χ4v) is 1.15. The average Bonchev–Trinajstić information content (AvgIpc) is 2.31. The molecule has 0 saturated carbocycles. The van der Waals surface area contributed by atoms with Gasteiger partial charge in [-0.25, -0.2) is 4.98 Å². The molecule has 0 aliphatic rings. The molecule has 0 saturated heterocycles. The highest BCUT2D eigenvalue weighted by Gasteiger charge is 1.95. The molecule has 1 rings (SSSR count). The van der Waals surface area contributed by atoms with E-state index >= 15 is 0 Å². The number of nitrogens with zero attached hydrogens (tertiary/aromatic N) is 1. The molecule has 1 heterocycles. The van der Waals surface area contributed by atoms with Crippen LogP contribution in [-0.2, 0) is 0 Å². The molecular weight excluding hydrogens is 146 g/mol. The van der Waals surface area contributed by atoms with E-state index in [-0.39, 0.29) is 0 Å². The van der Waals surface area contributed by atoms with Crippen molar-refractivity contribution in [2.24, 2.45) is 0 Å². The second kappa shape index (κ2) is 3.56. The predicted octanol–water partition coefficient (Wildman–Crippen LogP) is 2.24. The quantitative estimate of drug-likeness (QED) is 0.671. The lowest BCUT2D eigenvalue weighted by atomic mass is 10.5. The van der Waals surface area contributed by atoms with Gasteiger partial charge < -0.3 is 4.74 Å². The van der Waals surface area contributed by atoms with E-state index in [0.717, 1.165) is 23.9 Å². The first-order valence-electron chi connectivity index (χ1n) is 3.38. The van der Waals surface area contributed by atoms with Crippen molar-refractivity contribution in [1.29, 1.82) is 0 Å². The molecule has 0 amide bonds. The maximum atomic E-state index is 5.28. The predicted molar refractivity (Wildman–Crippen MR) is 42.6 cm³/mol. The Morgan fingerprint density at radius 3 is 3.00 bits per heavy atom. The number of rotatable bonds is 3. The van der Waals surface area contributed by atoms with Crippen LogP contribution in [0.25, 0.3) is 0 Å². The van der Waals surface area contributed by atoms with Gasteiger partial charge in [-0.15, -0.1) is 11.3 Å². The number of hydrogen-bond donors (Lipinski definition) is 0. The van der Waals surface area contributed by atoms with Crippen molar-refractivity contribution in [2.75, 3.05) is 6.61 Å². The van der Waals surface area contributed by atoms with E-state index in [2.05, 4.69) is 11.9 Å². The second-order valence-corrected chi connectivity index (χ2v) is 3.12. The third kappa shape index (κ3) is 1.99. The standard InChI is InChI=1S/C7H11NOS/c1-3-4-9-7-5-10-6(2)8-7/h5H,3-4H2,1-2H3. The topological polar surface area (TPSA) is 22.1 Å². The first-order valence-corrected chi connectivity index (χ1v) is 4.26. The minimum atomic E-state index is 0.767. The first kappa shape index (κ1) is 7.54. The van der Waals surface area contributed by atoms with E-state index in [9.17, 15) is 0 Å². The summed E-state index contributed by atoms with van der Waals surface area (Å²) in [4.78, 5) is 4.14. The number of aromatic nitrogens is 1. The van der Waals surface area contributed by atoms with Crippen molar-refractivity contribution in [3.8, 4) is 5.88 Å². The van der Waals surface area contributed by atoms with Gasteiger partial charge in [-0.05, 0) is 13.3 Å². The molecule has 0 bridgehead atoms. The Morgan fingerprint density at radius 2 is 2.50 bits per heavy atom. The molecule has 0 atom stereocenters. The highest BCUT2D eigenvalue weighted by molar-refractivity contribution is 7.09. The largest absolute Gasteiger partial charge is 0.477 e. The van der Waals surface area contributed by atoms with Gasteiger partial charge in [0.25, 0.3) is 0 Å². The van der Waals surface area contributed by atoms with E-state index in [4.69, 9.17) is 4.74 Å². The Kier molecular flexibility index (Phi) is 2.68. The minimum absolute atomic E-state index is 0.767. The summed E-state index contributed by atoms with van der Waals surface area (Å²) >= 11 is 1.62. The van der Waals surface area contributed by atoms with Crippen molar-refractivity contribution >= 4 is 11.3 Å². The molecule has 56 valence electrons. The third-order valence-corrected chi connectivity index (χ3v) is 1.80. The molecule has 3 heteroatoms. The van der Waals surface area contributed by atoms with Gasteiger partial charge in [-0.3, -0.25) is 0 Å². The Bertz CT molecular complexity index is 197. The lowest BCUT2D eigenvalue weighted by Crippen LogP contribution is -1.94. The maximum absolute atomic E-state index is 5.28. The normalized spacial score (nSPS) is 9.80. The van der Waals surface area contributed by atoms with Crippen LogP contribution in [0.15, 0.2) is 5.38 Å². The van der Waals surface area contributed by atoms with Gasteiger partial charge in [0.1, 0.15) is 0 Å². The Morgan fingerprint density at radius 1 is 1.70 bits per heavy atom. The molecule has 1 aromatic heterocycles. The smallest absolute Gasteiger partial charge is 0.224 e. The molecule has 0 radical (unpaired) electrons. The summed E-state index contributed by atoms with van der Waals surface area (Å²) in [5.74, 6) is 0.768. The van der Waals surface area contributed by atoms with E-state index in [1.54, 1.807) is 11.3 Å². The van der Waals surface area contributed by atoms with Crippen LogP contribution in [-0.4, -0.2) is 11.6 Å². The van der Waals surface area contributed by atoms with Gasteiger partial charge in [0.15, 0.2) is 0 Å². The summed E-state index contributed by atoms with van der Waals surface area (Å²) < 4.78 is 5.28. The molecule has 0 fully saturated rings. The zero-order valence-corrected chi connectivity index (χ0v) is 7.07. The highest BCUT2D eigenvalue weighted by Crippen LogP contribution is 2.14. The Labute approximate surface area is 64.9 Å². The molecule has 10 heavy (non-hydrogen) atoms. The van der Waals surface area contributed by atoms with Crippen molar-refractivity contribution < 1.29 is 4.74 Å². The SMILES string of the molecule is CCCOc1csc(C)n1. The summed E-state index contributed by atoms with van der Waals surface area (Å²) in [7, 11) is 0. The zero-order chi connectivity index (χ0) is 7.40. The lowest BCUT2D eigenvalue weighted by molar-refractivity contribution is 0.307. The summed E-state index contributed by atoms with van der Waals surface area (Å²) in [6.07, 6.45) is 1.04. The summed E-state index contributed by atoms with van der Waals surface area (Å²) in [6.45, 7) is 4.83. The zero-order valence-electron chi connectivity index (χ0n) is 6.26. The number of aryl methyl sites for hydroxylation is 1. The average molecular weight is 157 g/mol. The van der Waals surface area contributed by atoms with Crippen molar-refractivity contribution in [3.63, 3.8) is 0 Å². The summed E-state index contributed by atoms with van der Waals surface area (Å²) in [6, 6.07) is 0. The van der Waals surface area contributed by atoms with Crippen molar-refractivity contribution in [2.45, 2.75) is 20.3 Å². The molecule has 0 aliphatic heterocycles. The molecule has 0 spiro atoms. The Balaban J connectivity index is 2.42. The lowest BCUT2D eigenvalue weighted by Gasteiger charge is -1.96. The summed E-state index contributed by atoms with van der Waals surface area (Å²) in [5.41, 5.74) is 0. The van der Waals surface area contributed by atoms with Gasteiger partial charge >= 0.3 is 0 Å². The molecule has 0 unspecified atom stereocenters. The van der Waals surface area contributed by atoms with Gasteiger partial charge in [-0.2, -0.15) is 0 Å². The van der Waals surface area contributed by atoms with Crippen molar-refractivity contribution in [3.05, 3.63) is 10.4 Å². The molecule has 1 aromatic rings. The number of ether oxygens (including phenoxy) is 1. The minimum Gasteiger partial charge on any atom is -0.477 e. The van der Waals surface area contributed by atoms with Crippen LogP contribution in [0.2, 0.25) is 0 Å². The van der Waals surface area contributed by atoms with Crippen molar-refractivity contribution in [1.82, 2.24) is 4.98 Å². The van der Waals surface area contributed by atoms with Crippen LogP contribution >= 0.6 is 11.3 Å². The van der Waals surface area contributed by atoms with Crippen LogP contribution < -0.4 is 4.74 Å².